The Bertz CT molecular complexity index is 998. The highest BCUT2D eigenvalue weighted by Crippen LogP contribution is 2.55. The van der Waals surface area contributed by atoms with Gasteiger partial charge >= 0.3 is 6.18 Å². The Balaban J connectivity index is 1.58. The molecule has 2 amide bonds. The molecule has 4 rings (SSSR count). The predicted molar refractivity (Wildman–Crippen MR) is 94.2 cm³/mol. The van der Waals surface area contributed by atoms with Gasteiger partial charge in [-0.3, -0.25) is 14.9 Å². The molecule has 1 N–H and O–H groups in total. The summed E-state index contributed by atoms with van der Waals surface area (Å²) in [4.78, 5) is 33.7. The highest BCUT2D eigenvalue weighted by Gasteiger charge is 2.61. The van der Waals surface area contributed by atoms with E-state index in [4.69, 9.17) is 11.6 Å². The Kier molecular flexibility index (Phi) is 4.49. The minimum absolute atomic E-state index is 0.00694. The maximum atomic E-state index is 14.2. The lowest BCUT2D eigenvalue weighted by molar-refractivity contribution is -0.137. The van der Waals surface area contributed by atoms with Gasteiger partial charge in [-0.1, -0.05) is 11.6 Å². The van der Waals surface area contributed by atoms with Crippen molar-refractivity contribution in [1.82, 2.24) is 14.9 Å². The highest BCUT2D eigenvalue weighted by atomic mass is 35.5. The van der Waals surface area contributed by atoms with Gasteiger partial charge in [0.2, 0.25) is 11.9 Å². The van der Waals surface area contributed by atoms with E-state index in [1.165, 1.54) is 12.4 Å². The summed E-state index contributed by atoms with van der Waals surface area (Å²) >= 11 is 5.67. The summed E-state index contributed by atoms with van der Waals surface area (Å²) in [5.74, 6) is -1.28. The molecule has 1 fully saturated rings. The molecule has 1 spiro atoms. The summed E-state index contributed by atoms with van der Waals surface area (Å²) in [6, 6.07) is 2.66. The summed E-state index contributed by atoms with van der Waals surface area (Å²) in [6.07, 6.45) is -3.44. The van der Waals surface area contributed by atoms with Gasteiger partial charge in [-0.15, -0.1) is 0 Å². The van der Waals surface area contributed by atoms with E-state index in [2.05, 4.69) is 15.3 Å². The number of alkyl halides is 4. The van der Waals surface area contributed by atoms with Crippen molar-refractivity contribution >= 4 is 29.4 Å². The number of benzene rings is 1. The molecule has 11 heteroatoms. The van der Waals surface area contributed by atoms with Crippen LogP contribution in [0.3, 0.4) is 0 Å². The summed E-state index contributed by atoms with van der Waals surface area (Å²) in [7, 11) is 0. The second kappa shape index (κ2) is 6.65. The fourth-order valence-corrected chi connectivity index (χ4v) is 3.63. The standard InChI is InChI=1S/C18H13ClF4N4O2/c19-10-5-24-16(25-6-10)26-14(28)7-27-8-17(4-13(17)20)12-3-9(18(21,22)23)1-2-11(12)15(27)29/h1-3,5-6,13H,4,7-8H2,(H,24,25,26,28)/t13-,17+/m1/s1. The topological polar surface area (TPSA) is 75.2 Å². The van der Waals surface area contributed by atoms with Gasteiger partial charge in [0.1, 0.15) is 12.7 Å². The molecule has 29 heavy (non-hydrogen) atoms. The summed E-state index contributed by atoms with van der Waals surface area (Å²) < 4.78 is 53.4. The van der Waals surface area contributed by atoms with Crippen molar-refractivity contribution < 1.29 is 27.2 Å². The van der Waals surface area contributed by atoms with Crippen LogP contribution in [-0.4, -0.2) is 45.9 Å². The Labute approximate surface area is 166 Å². The third kappa shape index (κ3) is 3.52. The third-order valence-electron chi connectivity index (χ3n) is 5.06. The van der Waals surface area contributed by atoms with E-state index in [0.29, 0.717) is 0 Å². The van der Waals surface area contributed by atoms with Crippen molar-refractivity contribution in [3.63, 3.8) is 0 Å². The minimum atomic E-state index is -4.60. The van der Waals surface area contributed by atoms with Gasteiger partial charge in [0.25, 0.3) is 5.91 Å². The molecule has 1 saturated carbocycles. The van der Waals surface area contributed by atoms with Gasteiger partial charge in [-0.05, 0) is 30.2 Å². The zero-order chi connectivity index (χ0) is 21.0. The molecule has 6 nitrogen and oxygen atoms in total. The average Bonchev–Trinajstić information content (AvgIpc) is 3.30. The fraction of sp³-hybridized carbons (Fsp3) is 0.333. The van der Waals surface area contributed by atoms with Gasteiger partial charge in [-0.25, -0.2) is 14.4 Å². The van der Waals surface area contributed by atoms with E-state index >= 15 is 0 Å². The monoisotopic (exact) mass is 428 g/mol. The van der Waals surface area contributed by atoms with E-state index in [9.17, 15) is 27.2 Å². The van der Waals surface area contributed by atoms with Crippen LogP contribution in [0, 0.1) is 0 Å². The number of nitrogens with one attached hydrogen (secondary N) is 1. The van der Waals surface area contributed by atoms with Crippen molar-refractivity contribution in [3.8, 4) is 0 Å². The van der Waals surface area contributed by atoms with E-state index < -0.39 is 41.7 Å². The number of nitrogens with zero attached hydrogens (tertiary/aromatic N) is 3. The number of amides is 2. The van der Waals surface area contributed by atoms with Crippen LogP contribution in [-0.2, 0) is 16.4 Å². The van der Waals surface area contributed by atoms with E-state index in [0.717, 1.165) is 23.1 Å². The number of anilines is 1. The molecular weight excluding hydrogens is 416 g/mol. The number of hydrogen-bond acceptors (Lipinski definition) is 4. The summed E-state index contributed by atoms with van der Waals surface area (Å²) in [5.41, 5.74) is -2.14. The lowest BCUT2D eigenvalue weighted by atomic mass is 9.85. The Morgan fingerprint density at radius 1 is 1.31 bits per heavy atom. The largest absolute Gasteiger partial charge is 0.416 e. The average molecular weight is 429 g/mol. The number of rotatable bonds is 3. The lowest BCUT2D eigenvalue weighted by Gasteiger charge is -2.34. The van der Waals surface area contributed by atoms with Crippen molar-refractivity contribution in [1.29, 1.82) is 0 Å². The zero-order valence-corrected chi connectivity index (χ0v) is 15.4. The van der Waals surface area contributed by atoms with Crippen molar-refractivity contribution in [2.24, 2.45) is 0 Å². The number of fused-ring (bicyclic) bond motifs is 2. The molecule has 152 valence electrons. The molecule has 0 bridgehead atoms. The Hall–Kier alpha value is -2.75. The Morgan fingerprint density at radius 2 is 1.97 bits per heavy atom. The van der Waals surface area contributed by atoms with Crippen LogP contribution in [0.1, 0.15) is 27.9 Å². The number of carbonyl (C=O) groups excluding carboxylic acids is 2. The first kappa shape index (κ1) is 19.6. The molecule has 0 radical (unpaired) electrons. The first-order valence-electron chi connectivity index (χ1n) is 8.53. The molecule has 2 heterocycles. The first-order chi connectivity index (χ1) is 13.6. The number of halogens is 5. The van der Waals surface area contributed by atoms with Crippen molar-refractivity contribution in [2.45, 2.75) is 24.2 Å². The summed E-state index contributed by atoms with van der Waals surface area (Å²) in [5, 5.41) is 2.66. The smallest absolute Gasteiger partial charge is 0.328 e. The molecule has 2 aliphatic rings. The van der Waals surface area contributed by atoms with E-state index in [-0.39, 0.29) is 35.1 Å². The SMILES string of the molecule is O=C(CN1C[C@@]2(C[C@H]2F)c2cc(C(F)(F)F)ccc2C1=O)Nc1ncc(Cl)cn1. The van der Waals surface area contributed by atoms with Gasteiger partial charge < -0.3 is 4.90 Å². The minimum Gasteiger partial charge on any atom is -0.328 e. The first-order valence-corrected chi connectivity index (χ1v) is 8.90. The van der Waals surface area contributed by atoms with Crippen LogP contribution in [0.15, 0.2) is 30.6 Å². The molecule has 2 aromatic rings. The van der Waals surface area contributed by atoms with Gasteiger partial charge in [0.15, 0.2) is 0 Å². The second-order valence-corrected chi connectivity index (χ2v) is 7.46. The third-order valence-corrected chi connectivity index (χ3v) is 5.26. The number of hydrogen-bond donors (Lipinski definition) is 1. The van der Waals surface area contributed by atoms with Crippen LogP contribution < -0.4 is 5.32 Å². The summed E-state index contributed by atoms with van der Waals surface area (Å²) in [6.45, 7) is -0.601. The fourth-order valence-electron chi connectivity index (χ4n) is 3.53. The second-order valence-electron chi connectivity index (χ2n) is 7.02. The maximum absolute atomic E-state index is 14.2. The molecule has 1 aromatic heterocycles. The normalized spacial score (nSPS) is 23.1. The molecular formula is C18H13ClF4N4O2. The zero-order valence-electron chi connectivity index (χ0n) is 14.6. The van der Waals surface area contributed by atoms with Crippen LogP contribution in [0.4, 0.5) is 23.5 Å². The number of carbonyl (C=O) groups is 2. The van der Waals surface area contributed by atoms with E-state index in [1.807, 2.05) is 0 Å². The van der Waals surface area contributed by atoms with Crippen LogP contribution in [0.2, 0.25) is 5.02 Å². The molecule has 1 aromatic carbocycles. The van der Waals surface area contributed by atoms with Crippen molar-refractivity contribution in [2.75, 3.05) is 18.4 Å². The van der Waals surface area contributed by atoms with Crippen LogP contribution in [0.5, 0.6) is 0 Å². The maximum Gasteiger partial charge on any atom is 0.416 e. The molecule has 1 aliphatic carbocycles. The van der Waals surface area contributed by atoms with Gasteiger partial charge in [0.05, 0.1) is 23.0 Å². The van der Waals surface area contributed by atoms with Crippen LogP contribution in [0.25, 0.3) is 0 Å². The van der Waals surface area contributed by atoms with Gasteiger partial charge in [0, 0.05) is 17.5 Å². The van der Waals surface area contributed by atoms with Crippen molar-refractivity contribution in [3.05, 3.63) is 52.3 Å². The molecule has 0 saturated heterocycles. The lowest BCUT2D eigenvalue weighted by Crippen LogP contribution is -2.47. The quantitative estimate of drug-likeness (QED) is 0.762. The molecule has 2 atom stereocenters. The molecule has 0 unspecified atom stereocenters. The number of aromatic nitrogens is 2. The molecule has 1 aliphatic heterocycles. The van der Waals surface area contributed by atoms with Crippen LogP contribution >= 0.6 is 11.6 Å². The van der Waals surface area contributed by atoms with Gasteiger partial charge in [-0.2, -0.15) is 13.2 Å². The highest BCUT2D eigenvalue weighted by molar-refractivity contribution is 6.30. The predicted octanol–water partition coefficient (Wildman–Crippen LogP) is 3.22. The Morgan fingerprint density at radius 3 is 2.55 bits per heavy atom. The van der Waals surface area contributed by atoms with E-state index in [1.54, 1.807) is 0 Å².